The van der Waals surface area contributed by atoms with Gasteiger partial charge in [0.15, 0.2) is 0 Å². The van der Waals surface area contributed by atoms with Crippen molar-refractivity contribution >= 4 is 17.3 Å². The molecule has 0 spiro atoms. The summed E-state index contributed by atoms with van der Waals surface area (Å²) in [6.45, 7) is 0. The van der Waals surface area contributed by atoms with Crippen LogP contribution in [0.3, 0.4) is 0 Å². The molecule has 0 atom stereocenters. The molecule has 2 rings (SSSR count). The van der Waals surface area contributed by atoms with Gasteiger partial charge in [0.1, 0.15) is 0 Å². The quantitative estimate of drug-likeness (QED) is 0.437. The van der Waals surface area contributed by atoms with E-state index in [9.17, 15) is 14.9 Å². The maximum Gasteiger partial charge on any atom is 0.271 e. The lowest BCUT2D eigenvalue weighted by Gasteiger charge is -2.18. The molecule has 72 valence electrons. The number of hydrogen-bond acceptors (Lipinski definition) is 5. The maximum absolute atomic E-state index is 11.2. The van der Waals surface area contributed by atoms with Crippen LogP contribution < -0.4 is 16.4 Å². The molecule has 0 saturated carbocycles. The molecule has 1 amide bonds. The molecule has 1 aromatic rings. The van der Waals surface area contributed by atoms with Crippen LogP contribution in [0.2, 0.25) is 0 Å². The predicted molar refractivity (Wildman–Crippen MR) is 47.3 cm³/mol. The molecule has 0 radical (unpaired) electrons. The molecule has 0 saturated heterocycles. The fourth-order valence-electron chi connectivity index (χ4n) is 1.17. The number of nitrogens with one attached hydrogen (secondary N) is 3. The van der Waals surface area contributed by atoms with Crippen LogP contribution in [0.1, 0.15) is 10.4 Å². The molecule has 1 aromatic carbocycles. The lowest BCUT2D eigenvalue weighted by atomic mass is 10.1. The zero-order chi connectivity index (χ0) is 10.1. The summed E-state index contributed by atoms with van der Waals surface area (Å²) in [6.07, 6.45) is 0. The molecule has 3 N–H and O–H groups in total. The van der Waals surface area contributed by atoms with E-state index in [-0.39, 0.29) is 11.6 Å². The van der Waals surface area contributed by atoms with Crippen LogP contribution in [-0.2, 0) is 0 Å². The average Bonchev–Trinajstić information content (AvgIpc) is 2.17. The maximum atomic E-state index is 11.2. The second-order valence-corrected chi connectivity index (χ2v) is 2.69. The second-order valence-electron chi connectivity index (χ2n) is 2.69. The van der Waals surface area contributed by atoms with Gasteiger partial charge in [0.2, 0.25) is 0 Å². The third kappa shape index (κ3) is 1.25. The standard InChI is InChI=1S/C7H6N4O3/c12-7-5-2-1-4(11(13)14)3-6(5)8-10-9-7/h1-3,8,10H,(H,9,12). The van der Waals surface area contributed by atoms with E-state index in [1.807, 2.05) is 0 Å². The van der Waals surface area contributed by atoms with Crippen molar-refractivity contribution in [2.45, 2.75) is 0 Å². The van der Waals surface area contributed by atoms with Gasteiger partial charge in [-0.1, -0.05) is 0 Å². The fourth-order valence-corrected chi connectivity index (χ4v) is 1.17. The van der Waals surface area contributed by atoms with Crippen molar-refractivity contribution in [2.75, 3.05) is 5.43 Å². The number of benzene rings is 1. The first-order chi connectivity index (χ1) is 6.68. The SMILES string of the molecule is O=C1NNNc2cc([N+](=O)[O-])ccc21. The molecular formula is C7H6N4O3. The second kappa shape index (κ2) is 2.96. The van der Waals surface area contributed by atoms with Gasteiger partial charge in [-0.05, 0) is 6.07 Å². The van der Waals surface area contributed by atoms with E-state index in [4.69, 9.17) is 0 Å². The Kier molecular flexibility index (Phi) is 1.79. The molecule has 1 aliphatic rings. The van der Waals surface area contributed by atoms with E-state index in [0.717, 1.165) is 0 Å². The van der Waals surface area contributed by atoms with E-state index in [2.05, 4.69) is 16.4 Å². The molecule has 14 heavy (non-hydrogen) atoms. The number of non-ortho nitro benzene ring substituents is 1. The number of hydrazine groups is 2. The van der Waals surface area contributed by atoms with Crippen LogP contribution in [-0.4, -0.2) is 10.8 Å². The number of nitro benzene ring substituents is 1. The number of amides is 1. The smallest absolute Gasteiger partial charge is 0.271 e. The first kappa shape index (κ1) is 8.45. The first-order valence-electron chi connectivity index (χ1n) is 3.78. The lowest BCUT2D eigenvalue weighted by Crippen LogP contribution is -2.45. The summed E-state index contributed by atoms with van der Waals surface area (Å²) in [6, 6.07) is 3.98. The molecular weight excluding hydrogens is 188 g/mol. The monoisotopic (exact) mass is 194 g/mol. The summed E-state index contributed by atoms with van der Waals surface area (Å²) in [5.41, 5.74) is 8.00. The first-order valence-corrected chi connectivity index (χ1v) is 3.78. The molecule has 0 bridgehead atoms. The van der Waals surface area contributed by atoms with Gasteiger partial charge >= 0.3 is 0 Å². The van der Waals surface area contributed by atoms with Crippen molar-refractivity contribution in [2.24, 2.45) is 0 Å². The third-order valence-electron chi connectivity index (χ3n) is 1.83. The normalized spacial score (nSPS) is 13.9. The van der Waals surface area contributed by atoms with E-state index in [0.29, 0.717) is 11.3 Å². The van der Waals surface area contributed by atoms with Gasteiger partial charge < -0.3 is 5.43 Å². The van der Waals surface area contributed by atoms with E-state index in [1.165, 1.54) is 18.2 Å². The molecule has 0 aromatic heterocycles. The third-order valence-corrected chi connectivity index (χ3v) is 1.83. The van der Waals surface area contributed by atoms with Crippen molar-refractivity contribution in [3.05, 3.63) is 33.9 Å². The number of carbonyl (C=O) groups excluding carboxylic acids is 1. The molecule has 7 heteroatoms. The summed E-state index contributed by atoms with van der Waals surface area (Å²) < 4.78 is 0. The molecule has 0 unspecified atom stereocenters. The molecule has 7 nitrogen and oxygen atoms in total. The Morgan fingerprint density at radius 1 is 1.29 bits per heavy atom. The molecule has 0 fully saturated rings. The number of nitrogens with zero attached hydrogens (tertiary/aromatic N) is 1. The molecule has 0 aliphatic carbocycles. The largest absolute Gasteiger partial charge is 0.303 e. The number of rotatable bonds is 1. The van der Waals surface area contributed by atoms with Crippen molar-refractivity contribution in [3.8, 4) is 0 Å². The number of carbonyl (C=O) groups is 1. The van der Waals surface area contributed by atoms with Crippen LogP contribution >= 0.6 is 0 Å². The minimum Gasteiger partial charge on any atom is -0.303 e. The highest BCUT2D eigenvalue weighted by Crippen LogP contribution is 2.22. The summed E-state index contributed by atoms with van der Waals surface area (Å²) in [5.74, 6) is -0.325. The van der Waals surface area contributed by atoms with Crippen molar-refractivity contribution in [1.29, 1.82) is 0 Å². The zero-order valence-corrected chi connectivity index (χ0v) is 6.90. The Balaban J connectivity index is 2.49. The van der Waals surface area contributed by atoms with E-state index >= 15 is 0 Å². The van der Waals surface area contributed by atoms with Crippen LogP contribution in [0, 0.1) is 10.1 Å². The van der Waals surface area contributed by atoms with Crippen molar-refractivity contribution < 1.29 is 9.72 Å². The number of nitro groups is 1. The molecule has 1 aliphatic heterocycles. The number of anilines is 1. The number of fused-ring (bicyclic) bond motifs is 1. The Labute approximate surface area is 78.2 Å². The topological polar surface area (TPSA) is 96.3 Å². The molecule has 1 heterocycles. The predicted octanol–water partition coefficient (Wildman–Crippen LogP) is 0.170. The van der Waals surface area contributed by atoms with Gasteiger partial charge in [-0.15, -0.1) is 5.53 Å². The Hall–Kier alpha value is -2.15. The van der Waals surface area contributed by atoms with Gasteiger partial charge in [-0.3, -0.25) is 20.3 Å². The van der Waals surface area contributed by atoms with Crippen molar-refractivity contribution in [3.63, 3.8) is 0 Å². The highest BCUT2D eigenvalue weighted by molar-refractivity contribution is 6.01. The summed E-state index contributed by atoms with van der Waals surface area (Å²) in [7, 11) is 0. The Morgan fingerprint density at radius 3 is 2.79 bits per heavy atom. The highest BCUT2D eigenvalue weighted by Gasteiger charge is 2.18. The van der Waals surface area contributed by atoms with Crippen molar-refractivity contribution in [1.82, 2.24) is 11.0 Å². The van der Waals surface area contributed by atoms with E-state index in [1.54, 1.807) is 0 Å². The van der Waals surface area contributed by atoms with Gasteiger partial charge in [-0.25, -0.2) is 0 Å². The number of hydrogen-bond donors (Lipinski definition) is 3. The van der Waals surface area contributed by atoms with Gasteiger partial charge in [-0.2, -0.15) is 0 Å². The van der Waals surface area contributed by atoms with Gasteiger partial charge in [0.25, 0.3) is 11.6 Å². The fraction of sp³-hybridized carbons (Fsp3) is 0. The minimum atomic E-state index is -0.519. The average molecular weight is 194 g/mol. The minimum absolute atomic E-state index is 0.0623. The summed E-state index contributed by atoms with van der Waals surface area (Å²) in [5, 5.41) is 10.4. The lowest BCUT2D eigenvalue weighted by molar-refractivity contribution is -0.384. The Morgan fingerprint density at radius 2 is 2.07 bits per heavy atom. The van der Waals surface area contributed by atoms with Crippen LogP contribution in [0.5, 0.6) is 0 Å². The van der Waals surface area contributed by atoms with Crippen LogP contribution in [0.15, 0.2) is 18.2 Å². The van der Waals surface area contributed by atoms with Crippen LogP contribution in [0.4, 0.5) is 11.4 Å². The zero-order valence-electron chi connectivity index (χ0n) is 6.90. The van der Waals surface area contributed by atoms with Gasteiger partial charge in [0, 0.05) is 12.1 Å². The summed E-state index contributed by atoms with van der Waals surface area (Å²) >= 11 is 0. The highest BCUT2D eigenvalue weighted by atomic mass is 16.6. The summed E-state index contributed by atoms with van der Waals surface area (Å²) in [4.78, 5) is 21.1. The van der Waals surface area contributed by atoms with Gasteiger partial charge in [0.05, 0.1) is 16.2 Å². The Bertz CT molecular complexity index is 417. The van der Waals surface area contributed by atoms with Crippen LogP contribution in [0.25, 0.3) is 0 Å². The van der Waals surface area contributed by atoms with E-state index < -0.39 is 4.92 Å².